The molecule has 0 rings (SSSR count). The van der Waals surface area contributed by atoms with Gasteiger partial charge in [-0.3, -0.25) is 0 Å². The van der Waals surface area contributed by atoms with E-state index >= 15 is 0 Å². The van der Waals surface area contributed by atoms with Crippen molar-refractivity contribution in [3.8, 4) is 0 Å². The van der Waals surface area contributed by atoms with Crippen LogP contribution in [-0.4, -0.2) is 32.9 Å². The number of carboxylic acid groups (broad SMARTS) is 2. The first kappa shape index (κ1) is 11.3. The van der Waals surface area contributed by atoms with Crippen molar-refractivity contribution in [2.45, 2.75) is 4.87 Å². The van der Waals surface area contributed by atoms with Crippen molar-refractivity contribution >= 4 is 35.1 Å². The summed E-state index contributed by atoms with van der Waals surface area (Å²) in [5.41, 5.74) is 0. The molecule has 12 heavy (non-hydrogen) atoms. The van der Waals surface area contributed by atoms with Crippen LogP contribution in [0.5, 0.6) is 0 Å². The highest BCUT2D eigenvalue weighted by atomic mass is 35.5. The fraction of sp³-hybridized carbons (Fsp3) is 0.333. The molecule has 2 N–H and O–H groups in total. The molecule has 0 aliphatic carbocycles. The monoisotopic (exact) mass is 212 g/mol. The van der Waals surface area contributed by atoms with Crippen LogP contribution >= 0.6 is 23.2 Å². The van der Waals surface area contributed by atoms with Gasteiger partial charge in [0.15, 0.2) is 0 Å². The first-order valence-corrected chi connectivity index (χ1v) is 3.75. The van der Waals surface area contributed by atoms with Gasteiger partial charge in [0.1, 0.15) is 0 Å². The van der Waals surface area contributed by atoms with Crippen molar-refractivity contribution in [3.05, 3.63) is 12.2 Å². The second kappa shape index (κ2) is 4.33. The van der Waals surface area contributed by atoms with Crippen LogP contribution in [0.25, 0.3) is 0 Å². The van der Waals surface area contributed by atoms with E-state index in [0.717, 1.165) is 12.2 Å². The molecule has 4 nitrogen and oxygen atoms in total. The van der Waals surface area contributed by atoms with Gasteiger partial charge in [0.25, 0.3) is 4.87 Å². The number of aliphatic carboxylic acids is 2. The predicted octanol–water partition coefficient (Wildman–Crippen LogP) is 0.928. The molecular weight excluding hydrogens is 207 g/mol. The fourth-order valence-corrected chi connectivity index (χ4v) is 0.619. The number of carboxylic acids is 2. The number of halogens is 2. The Morgan fingerprint density at radius 3 is 2.00 bits per heavy atom. The minimum absolute atomic E-state index is 0.00896. The predicted molar refractivity (Wildman–Crippen MR) is 43.7 cm³/mol. The van der Waals surface area contributed by atoms with E-state index in [0.29, 0.717) is 0 Å². The quantitative estimate of drug-likeness (QED) is 0.413. The van der Waals surface area contributed by atoms with Gasteiger partial charge in [0.05, 0.1) is 0 Å². The molecule has 0 atom stereocenters. The molecule has 0 unspecified atom stereocenters. The molecule has 0 saturated carbocycles. The summed E-state index contributed by atoms with van der Waals surface area (Å²) in [4.78, 5) is 18.3. The molecule has 0 spiro atoms. The normalized spacial score (nSPS) is 11.8. The first-order valence-electron chi connectivity index (χ1n) is 2.84. The molecule has 0 aliphatic heterocycles. The molecule has 0 amide bonds. The van der Waals surface area contributed by atoms with Crippen LogP contribution in [0.15, 0.2) is 12.2 Å². The fourth-order valence-electron chi connectivity index (χ4n) is 0.441. The number of hydrogen-bond donors (Lipinski definition) is 2. The van der Waals surface area contributed by atoms with Gasteiger partial charge < -0.3 is 10.2 Å². The lowest BCUT2D eigenvalue weighted by atomic mass is 10.1. The number of hydrogen-bond acceptors (Lipinski definition) is 2. The number of allylic oxidation sites excluding steroid dienone is 1. The number of alkyl halides is 2. The van der Waals surface area contributed by atoms with Crippen molar-refractivity contribution in [2.75, 3.05) is 5.88 Å². The van der Waals surface area contributed by atoms with E-state index in [1.54, 1.807) is 0 Å². The van der Waals surface area contributed by atoms with E-state index in [-0.39, 0.29) is 5.88 Å². The molecule has 0 heterocycles. The van der Waals surface area contributed by atoms with Gasteiger partial charge in [0.2, 0.25) is 0 Å². The Balaban J connectivity index is 4.75. The lowest BCUT2D eigenvalue weighted by Gasteiger charge is -2.10. The summed E-state index contributed by atoms with van der Waals surface area (Å²) >= 11 is 10.4. The molecule has 0 aromatic heterocycles. The molecule has 0 aromatic rings. The molecule has 0 aliphatic rings. The summed E-state index contributed by atoms with van der Waals surface area (Å²) < 4.78 is 0. The Hall–Kier alpha value is -0.740. The van der Waals surface area contributed by atoms with E-state index in [2.05, 4.69) is 0 Å². The first-order chi connectivity index (χ1) is 5.45. The van der Waals surface area contributed by atoms with Gasteiger partial charge in [-0.05, 0) is 6.08 Å². The van der Waals surface area contributed by atoms with Crippen LogP contribution in [0.1, 0.15) is 0 Å². The Labute approximate surface area is 78.4 Å². The topological polar surface area (TPSA) is 74.6 Å². The third-order valence-electron chi connectivity index (χ3n) is 1.06. The molecular formula is C6H6Cl2O4. The van der Waals surface area contributed by atoms with E-state index < -0.39 is 16.8 Å². The maximum Gasteiger partial charge on any atom is 0.340 e. The Morgan fingerprint density at radius 2 is 1.75 bits per heavy atom. The molecule has 0 bridgehead atoms. The van der Waals surface area contributed by atoms with Gasteiger partial charge >= 0.3 is 11.9 Å². The highest BCUT2D eigenvalue weighted by Gasteiger charge is 2.41. The highest BCUT2D eigenvalue weighted by molar-refractivity contribution is 6.45. The maximum atomic E-state index is 10.4. The van der Waals surface area contributed by atoms with Crippen molar-refractivity contribution in [2.24, 2.45) is 0 Å². The zero-order chi connectivity index (χ0) is 9.78. The third-order valence-corrected chi connectivity index (χ3v) is 1.69. The number of carbonyl (C=O) groups is 2. The molecule has 0 radical (unpaired) electrons. The smallest absolute Gasteiger partial charge is 0.340 e. The van der Waals surface area contributed by atoms with E-state index in [9.17, 15) is 9.59 Å². The lowest BCUT2D eigenvalue weighted by Crippen LogP contribution is -2.39. The largest absolute Gasteiger partial charge is 0.479 e. The van der Waals surface area contributed by atoms with Gasteiger partial charge in [0, 0.05) is 5.88 Å². The second-order valence-electron chi connectivity index (χ2n) is 1.88. The molecule has 0 saturated heterocycles. The molecule has 0 fully saturated rings. The summed E-state index contributed by atoms with van der Waals surface area (Å²) in [5.74, 6) is -3.27. The zero-order valence-corrected chi connectivity index (χ0v) is 7.34. The van der Waals surface area contributed by atoms with Crippen LogP contribution in [0, 0.1) is 0 Å². The average molecular weight is 213 g/mol. The SMILES string of the molecule is O=C(O)C(Cl)(C=CCCl)C(=O)O. The highest BCUT2D eigenvalue weighted by Crippen LogP contribution is 2.17. The average Bonchev–Trinajstić information content (AvgIpc) is 1.99. The van der Waals surface area contributed by atoms with Crippen molar-refractivity contribution < 1.29 is 19.8 Å². The van der Waals surface area contributed by atoms with Gasteiger partial charge in [-0.1, -0.05) is 17.7 Å². The van der Waals surface area contributed by atoms with Crippen LogP contribution in [0.4, 0.5) is 0 Å². The summed E-state index contributed by atoms with van der Waals surface area (Å²) in [7, 11) is 0. The molecule has 0 aromatic carbocycles. The van der Waals surface area contributed by atoms with Crippen LogP contribution in [0.3, 0.4) is 0 Å². The minimum atomic E-state index is -2.41. The number of rotatable bonds is 4. The van der Waals surface area contributed by atoms with Crippen molar-refractivity contribution in [1.29, 1.82) is 0 Å². The van der Waals surface area contributed by atoms with E-state index in [4.69, 9.17) is 33.4 Å². The van der Waals surface area contributed by atoms with Gasteiger partial charge in [-0.25, -0.2) is 9.59 Å². The van der Waals surface area contributed by atoms with Crippen LogP contribution < -0.4 is 0 Å². The minimum Gasteiger partial charge on any atom is -0.479 e. The van der Waals surface area contributed by atoms with Gasteiger partial charge in [-0.15, -0.1) is 11.6 Å². The lowest BCUT2D eigenvalue weighted by molar-refractivity contribution is -0.150. The molecule has 6 heteroatoms. The summed E-state index contributed by atoms with van der Waals surface area (Å²) in [6.07, 6.45) is 1.99. The summed E-state index contributed by atoms with van der Waals surface area (Å²) in [6, 6.07) is 0. The van der Waals surface area contributed by atoms with E-state index in [1.807, 2.05) is 0 Å². The van der Waals surface area contributed by atoms with E-state index in [1.165, 1.54) is 0 Å². The summed E-state index contributed by atoms with van der Waals surface area (Å²) in [5, 5.41) is 16.8. The molecule has 68 valence electrons. The third kappa shape index (κ3) is 2.39. The second-order valence-corrected chi connectivity index (χ2v) is 2.78. The van der Waals surface area contributed by atoms with Crippen molar-refractivity contribution in [3.63, 3.8) is 0 Å². The van der Waals surface area contributed by atoms with Crippen molar-refractivity contribution in [1.82, 2.24) is 0 Å². The summed E-state index contributed by atoms with van der Waals surface area (Å²) in [6.45, 7) is 0. The Kier molecular flexibility index (Phi) is 4.06. The standard InChI is InChI=1S/C6H6Cl2O4/c7-3-1-2-6(8,4(9)10)5(11)12/h1-2H,3H2,(H,9,10)(H,11,12). The van der Waals surface area contributed by atoms with Crippen LogP contribution in [0.2, 0.25) is 0 Å². The van der Waals surface area contributed by atoms with Crippen LogP contribution in [-0.2, 0) is 9.59 Å². The maximum absolute atomic E-state index is 10.4. The Morgan fingerprint density at radius 1 is 1.33 bits per heavy atom. The Bertz CT molecular complexity index is 210. The van der Waals surface area contributed by atoms with Gasteiger partial charge in [-0.2, -0.15) is 0 Å². The zero-order valence-electron chi connectivity index (χ0n) is 5.83.